The van der Waals surface area contributed by atoms with Crippen LogP contribution in [0.2, 0.25) is 5.02 Å². The van der Waals surface area contributed by atoms with Gasteiger partial charge in [0.1, 0.15) is 0 Å². The highest BCUT2D eigenvalue weighted by atomic mass is 35.5. The Morgan fingerprint density at radius 3 is 2.79 bits per heavy atom. The maximum Gasteiger partial charge on any atom is 0.0897 e. The Hall–Kier alpha value is -0.910. The fourth-order valence-corrected chi connectivity index (χ4v) is 3.21. The molecule has 0 fully saturated rings. The minimum atomic E-state index is 0.0674. The zero-order chi connectivity index (χ0) is 13.8. The lowest BCUT2D eigenvalue weighted by molar-refractivity contribution is 0.524. The Labute approximate surface area is 122 Å². The molecule has 0 spiro atoms. The molecular weight excluding hydrogens is 280 g/mol. The lowest BCUT2D eigenvalue weighted by Gasteiger charge is -2.18. The number of halogens is 1. The number of hydrogen-bond acceptors (Lipinski definition) is 4. The first kappa shape index (κ1) is 14.5. The first-order valence-corrected chi connectivity index (χ1v) is 7.73. The fraction of sp³-hybridized carbons (Fsp3) is 0.538. The molecule has 0 aliphatic heterocycles. The number of aromatic nitrogens is 3. The van der Waals surface area contributed by atoms with Gasteiger partial charge in [-0.05, 0) is 19.9 Å². The highest BCUT2D eigenvalue weighted by molar-refractivity contribution is 7.11. The van der Waals surface area contributed by atoms with Gasteiger partial charge in [-0.1, -0.05) is 25.4 Å². The summed E-state index contributed by atoms with van der Waals surface area (Å²) in [6.07, 6.45) is 4.68. The summed E-state index contributed by atoms with van der Waals surface area (Å²) in [4.78, 5) is 5.52. The molecule has 4 nitrogen and oxygen atoms in total. The molecule has 0 saturated carbocycles. The van der Waals surface area contributed by atoms with E-state index in [9.17, 15) is 0 Å². The molecule has 1 unspecified atom stereocenters. The predicted octanol–water partition coefficient (Wildman–Crippen LogP) is 3.41. The monoisotopic (exact) mass is 298 g/mol. The fourth-order valence-electron chi connectivity index (χ4n) is 2.10. The SMILES string of the molecule is CCCn1ncc(Cl)c1C(NCC)c1cnc(C)s1. The van der Waals surface area contributed by atoms with Gasteiger partial charge in [0.25, 0.3) is 0 Å². The van der Waals surface area contributed by atoms with Crippen LogP contribution in [0.15, 0.2) is 12.4 Å². The summed E-state index contributed by atoms with van der Waals surface area (Å²) >= 11 is 8.02. The minimum absolute atomic E-state index is 0.0674. The Morgan fingerprint density at radius 1 is 1.42 bits per heavy atom. The van der Waals surface area contributed by atoms with Crippen LogP contribution in [-0.2, 0) is 6.54 Å². The summed E-state index contributed by atoms with van der Waals surface area (Å²) in [6.45, 7) is 7.99. The van der Waals surface area contributed by atoms with Gasteiger partial charge in [-0.15, -0.1) is 11.3 Å². The van der Waals surface area contributed by atoms with Crippen molar-refractivity contribution in [2.45, 2.75) is 39.8 Å². The highest BCUT2D eigenvalue weighted by Gasteiger charge is 2.22. The minimum Gasteiger partial charge on any atom is -0.304 e. The number of rotatable bonds is 6. The van der Waals surface area contributed by atoms with Crippen LogP contribution in [0, 0.1) is 6.92 Å². The molecule has 2 heterocycles. The van der Waals surface area contributed by atoms with Crippen LogP contribution in [0.1, 0.15) is 41.9 Å². The third-order valence-electron chi connectivity index (χ3n) is 2.87. The average molecular weight is 299 g/mol. The lowest BCUT2D eigenvalue weighted by atomic mass is 10.1. The van der Waals surface area contributed by atoms with Crippen LogP contribution < -0.4 is 5.32 Å². The van der Waals surface area contributed by atoms with E-state index in [1.165, 1.54) is 4.88 Å². The molecule has 2 aromatic rings. The summed E-state index contributed by atoms with van der Waals surface area (Å²) < 4.78 is 1.99. The van der Waals surface area contributed by atoms with E-state index in [4.69, 9.17) is 11.6 Å². The molecule has 2 rings (SSSR count). The molecule has 0 amide bonds. The van der Waals surface area contributed by atoms with E-state index in [0.717, 1.165) is 30.2 Å². The maximum absolute atomic E-state index is 6.33. The van der Waals surface area contributed by atoms with Gasteiger partial charge >= 0.3 is 0 Å². The number of aryl methyl sites for hydroxylation is 2. The van der Waals surface area contributed by atoms with Gasteiger partial charge in [0, 0.05) is 17.6 Å². The van der Waals surface area contributed by atoms with Crippen molar-refractivity contribution in [3.63, 3.8) is 0 Å². The summed E-state index contributed by atoms with van der Waals surface area (Å²) in [5.74, 6) is 0. The van der Waals surface area contributed by atoms with Crippen molar-refractivity contribution in [2.24, 2.45) is 0 Å². The standard InChI is InChI=1S/C13H19ClN4S/c1-4-6-18-13(10(14)7-17-18)12(15-5-2)11-8-16-9(3)19-11/h7-8,12,15H,4-6H2,1-3H3. The van der Waals surface area contributed by atoms with Crippen LogP contribution in [0.25, 0.3) is 0 Å². The van der Waals surface area contributed by atoms with Crippen molar-refractivity contribution in [2.75, 3.05) is 6.54 Å². The van der Waals surface area contributed by atoms with Crippen molar-refractivity contribution in [3.05, 3.63) is 33.0 Å². The summed E-state index contributed by atoms with van der Waals surface area (Å²) in [5.41, 5.74) is 1.04. The van der Waals surface area contributed by atoms with Gasteiger partial charge in [0.05, 0.1) is 28.0 Å². The van der Waals surface area contributed by atoms with E-state index < -0.39 is 0 Å². The van der Waals surface area contributed by atoms with Gasteiger partial charge in [-0.3, -0.25) is 4.68 Å². The Balaban J connectivity index is 2.41. The highest BCUT2D eigenvalue weighted by Crippen LogP contribution is 2.31. The Morgan fingerprint density at radius 2 is 2.21 bits per heavy atom. The predicted molar refractivity (Wildman–Crippen MR) is 79.9 cm³/mol. The van der Waals surface area contributed by atoms with Gasteiger partial charge in [0.15, 0.2) is 0 Å². The largest absolute Gasteiger partial charge is 0.304 e. The smallest absolute Gasteiger partial charge is 0.0897 e. The molecule has 0 saturated heterocycles. The van der Waals surface area contributed by atoms with Crippen molar-refractivity contribution in [1.82, 2.24) is 20.1 Å². The van der Waals surface area contributed by atoms with Crippen LogP contribution in [0.3, 0.4) is 0 Å². The van der Waals surface area contributed by atoms with Gasteiger partial charge in [0.2, 0.25) is 0 Å². The molecule has 1 N–H and O–H groups in total. The van der Waals surface area contributed by atoms with Gasteiger partial charge in [-0.25, -0.2) is 4.98 Å². The number of nitrogens with one attached hydrogen (secondary N) is 1. The number of nitrogens with zero attached hydrogens (tertiary/aromatic N) is 3. The van der Waals surface area contributed by atoms with Crippen LogP contribution in [0.4, 0.5) is 0 Å². The summed E-state index contributed by atoms with van der Waals surface area (Å²) in [5, 5.41) is 9.63. The maximum atomic E-state index is 6.33. The lowest BCUT2D eigenvalue weighted by Crippen LogP contribution is -2.24. The summed E-state index contributed by atoms with van der Waals surface area (Å²) in [7, 11) is 0. The molecular formula is C13H19ClN4S. The van der Waals surface area contributed by atoms with E-state index in [1.54, 1.807) is 17.5 Å². The van der Waals surface area contributed by atoms with E-state index in [0.29, 0.717) is 5.02 Å². The third-order valence-corrected chi connectivity index (χ3v) is 4.14. The molecule has 19 heavy (non-hydrogen) atoms. The van der Waals surface area contributed by atoms with Gasteiger partial charge < -0.3 is 5.32 Å². The average Bonchev–Trinajstić information content (AvgIpc) is 2.95. The Kier molecular flexibility index (Phi) is 4.96. The van der Waals surface area contributed by atoms with Crippen molar-refractivity contribution >= 4 is 22.9 Å². The van der Waals surface area contributed by atoms with Gasteiger partial charge in [-0.2, -0.15) is 5.10 Å². The van der Waals surface area contributed by atoms with Crippen molar-refractivity contribution < 1.29 is 0 Å². The van der Waals surface area contributed by atoms with Crippen molar-refractivity contribution in [1.29, 1.82) is 0 Å². The second-order valence-corrected chi connectivity index (χ2v) is 6.05. The quantitative estimate of drug-likeness (QED) is 0.888. The number of thiazole rings is 1. The van der Waals surface area contributed by atoms with Crippen molar-refractivity contribution in [3.8, 4) is 0 Å². The van der Waals surface area contributed by atoms with E-state index in [1.807, 2.05) is 17.8 Å². The Bertz CT molecular complexity index is 534. The molecule has 6 heteroatoms. The summed E-state index contributed by atoms with van der Waals surface area (Å²) in [6, 6.07) is 0.0674. The molecule has 0 aliphatic carbocycles. The second-order valence-electron chi connectivity index (χ2n) is 4.37. The van der Waals surface area contributed by atoms with E-state index >= 15 is 0 Å². The van der Waals surface area contributed by atoms with Crippen LogP contribution >= 0.6 is 22.9 Å². The molecule has 0 aromatic carbocycles. The molecule has 2 aromatic heterocycles. The molecule has 0 radical (unpaired) electrons. The molecule has 1 atom stereocenters. The van der Waals surface area contributed by atoms with E-state index in [-0.39, 0.29) is 6.04 Å². The first-order chi connectivity index (χ1) is 9.17. The normalized spacial score (nSPS) is 12.8. The zero-order valence-corrected chi connectivity index (χ0v) is 13.1. The molecule has 0 aliphatic rings. The van der Waals surface area contributed by atoms with E-state index in [2.05, 4.69) is 29.2 Å². The topological polar surface area (TPSA) is 42.7 Å². The molecule has 0 bridgehead atoms. The number of hydrogen-bond donors (Lipinski definition) is 1. The molecule has 104 valence electrons. The third kappa shape index (κ3) is 3.16. The zero-order valence-electron chi connectivity index (χ0n) is 11.5. The van der Waals surface area contributed by atoms with Crippen LogP contribution in [-0.4, -0.2) is 21.3 Å². The second kappa shape index (κ2) is 6.50. The van der Waals surface area contributed by atoms with Crippen LogP contribution in [0.5, 0.6) is 0 Å². The first-order valence-electron chi connectivity index (χ1n) is 6.54.